The average Bonchev–Trinajstić information content (AvgIpc) is 2.82. The molecule has 0 atom stereocenters. The minimum atomic E-state index is 0.802. The lowest BCUT2D eigenvalue weighted by Crippen LogP contribution is -2.24. The van der Waals surface area contributed by atoms with E-state index < -0.39 is 0 Å². The molecule has 1 aliphatic heterocycles. The van der Waals surface area contributed by atoms with Gasteiger partial charge in [-0.05, 0) is 35.9 Å². The van der Waals surface area contributed by atoms with Crippen molar-refractivity contribution in [3.63, 3.8) is 0 Å². The fourth-order valence-corrected chi connectivity index (χ4v) is 3.30. The van der Waals surface area contributed by atoms with Gasteiger partial charge in [-0.1, -0.05) is 29.8 Å². The van der Waals surface area contributed by atoms with Crippen LogP contribution in [0.2, 0.25) is 5.02 Å². The van der Waals surface area contributed by atoms with Gasteiger partial charge in [-0.15, -0.1) is 0 Å². The SMILES string of the molecule is Clc1ccc2c(c1)c1c(n2-c2ccccc2)CCNC1. The van der Waals surface area contributed by atoms with Gasteiger partial charge in [0.05, 0.1) is 5.52 Å². The smallest absolute Gasteiger partial charge is 0.0535 e. The highest BCUT2D eigenvalue weighted by molar-refractivity contribution is 6.31. The second kappa shape index (κ2) is 4.65. The molecule has 0 bridgehead atoms. The molecular formula is C17H15ClN2. The third kappa shape index (κ3) is 1.76. The Kier molecular flexibility index (Phi) is 2.79. The number of benzene rings is 2. The molecule has 20 heavy (non-hydrogen) atoms. The first-order valence-corrected chi connectivity index (χ1v) is 7.30. The molecule has 0 saturated heterocycles. The summed E-state index contributed by atoms with van der Waals surface area (Å²) in [7, 11) is 0. The van der Waals surface area contributed by atoms with Crippen LogP contribution >= 0.6 is 11.6 Å². The van der Waals surface area contributed by atoms with Crippen molar-refractivity contribution in [2.24, 2.45) is 0 Å². The van der Waals surface area contributed by atoms with Gasteiger partial charge < -0.3 is 9.88 Å². The third-order valence-electron chi connectivity index (χ3n) is 4.00. The quantitative estimate of drug-likeness (QED) is 0.716. The van der Waals surface area contributed by atoms with Gasteiger partial charge in [-0.3, -0.25) is 0 Å². The summed E-state index contributed by atoms with van der Waals surface area (Å²) < 4.78 is 2.38. The Morgan fingerprint density at radius 2 is 1.90 bits per heavy atom. The fourth-order valence-electron chi connectivity index (χ4n) is 3.13. The van der Waals surface area contributed by atoms with Crippen molar-refractivity contribution < 1.29 is 0 Å². The van der Waals surface area contributed by atoms with E-state index in [2.05, 4.69) is 52.3 Å². The number of rotatable bonds is 1. The van der Waals surface area contributed by atoms with Crippen LogP contribution in [0.5, 0.6) is 0 Å². The number of para-hydroxylation sites is 1. The Balaban J connectivity index is 2.09. The zero-order valence-electron chi connectivity index (χ0n) is 11.1. The van der Waals surface area contributed by atoms with E-state index in [0.717, 1.165) is 24.5 Å². The van der Waals surface area contributed by atoms with Crippen molar-refractivity contribution in [3.8, 4) is 5.69 Å². The molecule has 0 spiro atoms. The molecule has 1 aliphatic rings. The van der Waals surface area contributed by atoms with Crippen molar-refractivity contribution in [2.75, 3.05) is 6.54 Å². The molecule has 100 valence electrons. The standard InChI is InChI=1S/C17H15ClN2/c18-12-6-7-16-14(10-12)15-11-19-9-8-17(15)20(16)13-4-2-1-3-5-13/h1-7,10,19H,8-9,11H2. The normalized spacial score (nSPS) is 14.4. The van der Waals surface area contributed by atoms with Crippen molar-refractivity contribution in [1.29, 1.82) is 0 Å². The largest absolute Gasteiger partial charge is 0.313 e. The first-order valence-electron chi connectivity index (χ1n) is 6.92. The molecule has 3 aromatic rings. The minimum absolute atomic E-state index is 0.802. The van der Waals surface area contributed by atoms with Gasteiger partial charge in [0.2, 0.25) is 0 Å². The Labute approximate surface area is 123 Å². The van der Waals surface area contributed by atoms with E-state index >= 15 is 0 Å². The maximum atomic E-state index is 6.19. The van der Waals surface area contributed by atoms with E-state index in [1.807, 2.05) is 6.07 Å². The summed E-state index contributed by atoms with van der Waals surface area (Å²) in [6, 6.07) is 16.7. The number of nitrogens with one attached hydrogen (secondary N) is 1. The van der Waals surface area contributed by atoms with E-state index in [0.29, 0.717) is 0 Å². The monoisotopic (exact) mass is 282 g/mol. The summed E-state index contributed by atoms with van der Waals surface area (Å²) in [5.74, 6) is 0. The number of nitrogens with zero attached hydrogens (tertiary/aromatic N) is 1. The average molecular weight is 283 g/mol. The topological polar surface area (TPSA) is 17.0 Å². The molecule has 3 heteroatoms. The van der Waals surface area contributed by atoms with Gasteiger partial charge in [0.15, 0.2) is 0 Å². The Morgan fingerprint density at radius 1 is 1.05 bits per heavy atom. The third-order valence-corrected chi connectivity index (χ3v) is 4.23. The van der Waals surface area contributed by atoms with Gasteiger partial charge >= 0.3 is 0 Å². The van der Waals surface area contributed by atoms with Crippen LogP contribution in [0.4, 0.5) is 0 Å². The van der Waals surface area contributed by atoms with Gasteiger partial charge in [0, 0.05) is 41.3 Å². The maximum Gasteiger partial charge on any atom is 0.0535 e. The molecule has 1 N–H and O–H groups in total. The van der Waals surface area contributed by atoms with Crippen LogP contribution in [0.3, 0.4) is 0 Å². The van der Waals surface area contributed by atoms with E-state index in [1.54, 1.807) is 0 Å². The molecule has 0 fully saturated rings. The highest BCUT2D eigenvalue weighted by Gasteiger charge is 2.20. The molecular weight excluding hydrogens is 268 g/mol. The summed E-state index contributed by atoms with van der Waals surface area (Å²) >= 11 is 6.19. The molecule has 0 amide bonds. The van der Waals surface area contributed by atoms with Crippen LogP contribution in [0.25, 0.3) is 16.6 Å². The van der Waals surface area contributed by atoms with Crippen LogP contribution in [0.15, 0.2) is 48.5 Å². The first kappa shape index (κ1) is 12.0. The van der Waals surface area contributed by atoms with Crippen LogP contribution in [0.1, 0.15) is 11.3 Å². The second-order valence-corrected chi connectivity index (χ2v) is 5.62. The summed E-state index contributed by atoms with van der Waals surface area (Å²) in [5, 5.41) is 5.53. The molecule has 2 aromatic carbocycles. The Morgan fingerprint density at radius 3 is 2.75 bits per heavy atom. The van der Waals surface area contributed by atoms with Crippen molar-refractivity contribution in [1.82, 2.24) is 9.88 Å². The predicted molar refractivity (Wildman–Crippen MR) is 83.7 cm³/mol. The van der Waals surface area contributed by atoms with E-state index in [-0.39, 0.29) is 0 Å². The van der Waals surface area contributed by atoms with Crippen LogP contribution in [-0.4, -0.2) is 11.1 Å². The predicted octanol–water partition coefficient (Wildman–Crippen LogP) is 3.93. The highest BCUT2D eigenvalue weighted by atomic mass is 35.5. The Bertz CT molecular complexity index is 775. The van der Waals surface area contributed by atoms with Gasteiger partial charge in [0.1, 0.15) is 0 Å². The minimum Gasteiger partial charge on any atom is -0.313 e. The lowest BCUT2D eigenvalue weighted by molar-refractivity contribution is 0.631. The second-order valence-electron chi connectivity index (χ2n) is 5.18. The lowest BCUT2D eigenvalue weighted by atomic mass is 10.1. The molecule has 0 radical (unpaired) electrons. The summed E-state index contributed by atoms with van der Waals surface area (Å²) in [6.07, 6.45) is 1.05. The van der Waals surface area contributed by atoms with Crippen molar-refractivity contribution in [2.45, 2.75) is 13.0 Å². The number of fused-ring (bicyclic) bond motifs is 3. The maximum absolute atomic E-state index is 6.19. The number of aromatic nitrogens is 1. The van der Waals surface area contributed by atoms with Crippen molar-refractivity contribution in [3.05, 3.63) is 64.8 Å². The van der Waals surface area contributed by atoms with Gasteiger partial charge in [-0.25, -0.2) is 0 Å². The number of hydrogen-bond donors (Lipinski definition) is 1. The van der Waals surface area contributed by atoms with Crippen molar-refractivity contribution >= 4 is 22.5 Å². The molecule has 0 aliphatic carbocycles. The zero-order chi connectivity index (χ0) is 13.5. The van der Waals surface area contributed by atoms with Crippen LogP contribution in [-0.2, 0) is 13.0 Å². The van der Waals surface area contributed by atoms with Crippen LogP contribution < -0.4 is 5.32 Å². The Hall–Kier alpha value is -1.77. The summed E-state index contributed by atoms with van der Waals surface area (Å²) in [4.78, 5) is 0. The van der Waals surface area contributed by atoms with Gasteiger partial charge in [0.25, 0.3) is 0 Å². The molecule has 0 unspecified atom stereocenters. The fraction of sp³-hybridized carbons (Fsp3) is 0.176. The summed E-state index contributed by atoms with van der Waals surface area (Å²) in [5.41, 5.74) is 5.27. The molecule has 0 saturated carbocycles. The van der Waals surface area contributed by atoms with E-state index in [1.165, 1.54) is 27.8 Å². The van der Waals surface area contributed by atoms with E-state index in [9.17, 15) is 0 Å². The lowest BCUT2D eigenvalue weighted by Gasteiger charge is -2.17. The highest BCUT2D eigenvalue weighted by Crippen LogP contribution is 2.33. The number of hydrogen-bond acceptors (Lipinski definition) is 1. The van der Waals surface area contributed by atoms with Gasteiger partial charge in [-0.2, -0.15) is 0 Å². The molecule has 1 aromatic heterocycles. The summed E-state index contributed by atoms with van der Waals surface area (Å²) in [6.45, 7) is 1.95. The van der Waals surface area contributed by atoms with E-state index in [4.69, 9.17) is 11.6 Å². The molecule has 2 heterocycles. The first-order chi connectivity index (χ1) is 9.84. The zero-order valence-corrected chi connectivity index (χ0v) is 11.8. The molecule has 2 nitrogen and oxygen atoms in total. The van der Waals surface area contributed by atoms with Crippen LogP contribution in [0, 0.1) is 0 Å². The number of halogens is 1. The molecule has 4 rings (SSSR count).